The average Bonchev–Trinajstić information content (AvgIpc) is 2.27. The first-order valence-corrected chi connectivity index (χ1v) is 4.18. The summed E-state index contributed by atoms with van der Waals surface area (Å²) in [7, 11) is 0. The molecule has 6 heteroatoms. The van der Waals surface area contributed by atoms with Crippen LogP contribution in [0.1, 0.15) is 18.4 Å². The fourth-order valence-corrected chi connectivity index (χ4v) is 1.11. The summed E-state index contributed by atoms with van der Waals surface area (Å²) < 4.78 is 0. The zero-order valence-electron chi connectivity index (χ0n) is 7.91. The van der Waals surface area contributed by atoms with Crippen LogP contribution in [0, 0.1) is 15.0 Å². The van der Waals surface area contributed by atoms with E-state index in [1.54, 1.807) is 0 Å². The maximum Gasteiger partial charge on any atom is 0.293 e. The lowest BCUT2D eigenvalue weighted by Gasteiger charge is -2.04. The molecule has 0 heterocycles. The van der Waals surface area contributed by atoms with Gasteiger partial charge in [-0.3, -0.25) is 14.9 Å². The summed E-state index contributed by atoms with van der Waals surface area (Å²) in [5.41, 5.74) is 0.475. The molecule has 1 unspecified atom stereocenters. The molecule has 0 saturated heterocycles. The van der Waals surface area contributed by atoms with Crippen LogP contribution in [0.5, 0.6) is 0 Å². The van der Waals surface area contributed by atoms with Crippen LogP contribution in [-0.2, 0) is 4.79 Å². The van der Waals surface area contributed by atoms with Crippen molar-refractivity contribution in [1.82, 2.24) is 0 Å². The molecule has 0 saturated carbocycles. The molecular weight excluding hydrogens is 200 g/mol. The Morgan fingerprint density at radius 1 is 1.40 bits per heavy atom. The number of nitrogens with zero attached hydrogens (tertiary/aromatic N) is 2. The molecule has 1 amide bonds. The number of nitro benzene ring substituents is 1. The molecule has 0 fully saturated rings. The largest absolute Gasteiger partial charge is 0.293 e. The standard InChI is InChI=1S/C9H8N2O4/c1-6(9(12)10-13)7-2-4-8(5-3-7)11(14)15/h2-6H,1H3. The number of hydrogen-bond acceptors (Lipinski definition) is 4. The highest BCUT2D eigenvalue weighted by Crippen LogP contribution is 2.20. The van der Waals surface area contributed by atoms with Crippen LogP contribution in [0.15, 0.2) is 29.4 Å². The van der Waals surface area contributed by atoms with Crippen molar-refractivity contribution >= 4 is 11.6 Å². The van der Waals surface area contributed by atoms with Gasteiger partial charge in [0.1, 0.15) is 0 Å². The van der Waals surface area contributed by atoms with Crippen molar-refractivity contribution in [2.75, 3.05) is 0 Å². The van der Waals surface area contributed by atoms with Gasteiger partial charge in [-0.2, -0.15) is 0 Å². The second kappa shape index (κ2) is 4.41. The highest BCUT2D eigenvalue weighted by molar-refractivity contribution is 5.83. The fourth-order valence-electron chi connectivity index (χ4n) is 1.11. The van der Waals surface area contributed by atoms with E-state index in [0.717, 1.165) is 0 Å². The number of carbonyl (C=O) groups excluding carboxylic acids is 1. The summed E-state index contributed by atoms with van der Waals surface area (Å²) >= 11 is 0. The van der Waals surface area contributed by atoms with Crippen LogP contribution in [-0.4, -0.2) is 10.8 Å². The molecule has 6 nitrogen and oxygen atoms in total. The van der Waals surface area contributed by atoms with E-state index >= 15 is 0 Å². The van der Waals surface area contributed by atoms with E-state index in [1.165, 1.54) is 31.2 Å². The fraction of sp³-hybridized carbons (Fsp3) is 0.222. The van der Waals surface area contributed by atoms with Gasteiger partial charge in [0.2, 0.25) is 0 Å². The summed E-state index contributed by atoms with van der Waals surface area (Å²) in [6, 6.07) is 5.44. The topological polar surface area (TPSA) is 89.6 Å². The molecule has 0 bridgehead atoms. The van der Waals surface area contributed by atoms with Crippen LogP contribution in [0.4, 0.5) is 5.69 Å². The van der Waals surface area contributed by atoms with Crippen LogP contribution in [0.25, 0.3) is 0 Å². The first-order chi connectivity index (χ1) is 7.06. The van der Waals surface area contributed by atoms with Crippen molar-refractivity contribution in [1.29, 1.82) is 0 Å². The third kappa shape index (κ3) is 2.43. The smallest absolute Gasteiger partial charge is 0.268 e. The maximum absolute atomic E-state index is 10.9. The predicted molar refractivity (Wildman–Crippen MR) is 52.3 cm³/mol. The summed E-state index contributed by atoms with van der Waals surface area (Å²) in [6.07, 6.45) is 0. The Bertz CT molecular complexity index is 399. The lowest BCUT2D eigenvalue weighted by molar-refractivity contribution is -0.384. The van der Waals surface area contributed by atoms with Crippen LogP contribution in [0.2, 0.25) is 0 Å². The quantitative estimate of drug-likeness (QED) is 0.431. The Kier molecular flexibility index (Phi) is 3.22. The van der Waals surface area contributed by atoms with E-state index in [1.807, 2.05) is 0 Å². The molecule has 0 aliphatic carbocycles. The summed E-state index contributed by atoms with van der Waals surface area (Å²) in [5.74, 6) is -1.45. The molecule has 1 aromatic carbocycles. The Labute approximate surface area is 85.0 Å². The Hall–Kier alpha value is -2.11. The van der Waals surface area contributed by atoms with Crippen molar-refractivity contribution in [3.8, 4) is 0 Å². The zero-order chi connectivity index (χ0) is 11.4. The summed E-state index contributed by atoms with van der Waals surface area (Å²) in [6.45, 7) is 1.52. The number of nitroso groups, excluding NO2 is 1. The van der Waals surface area contributed by atoms with E-state index in [-0.39, 0.29) is 5.69 Å². The highest BCUT2D eigenvalue weighted by atomic mass is 16.6. The van der Waals surface area contributed by atoms with E-state index < -0.39 is 16.7 Å². The van der Waals surface area contributed by atoms with Gasteiger partial charge in [-0.25, -0.2) is 0 Å². The van der Waals surface area contributed by atoms with Crippen LogP contribution < -0.4 is 0 Å². The number of benzene rings is 1. The number of carbonyl (C=O) groups is 1. The second-order valence-corrected chi connectivity index (χ2v) is 3.00. The minimum atomic E-state index is -0.788. The third-order valence-electron chi connectivity index (χ3n) is 2.06. The van der Waals surface area contributed by atoms with Crippen LogP contribution in [0.3, 0.4) is 0 Å². The van der Waals surface area contributed by atoms with E-state index in [2.05, 4.69) is 5.18 Å². The number of amides is 1. The molecule has 0 aromatic heterocycles. The number of non-ortho nitro benzene ring substituents is 1. The van der Waals surface area contributed by atoms with Gasteiger partial charge in [-0.1, -0.05) is 12.1 Å². The highest BCUT2D eigenvalue weighted by Gasteiger charge is 2.16. The molecule has 0 radical (unpaired) electrons. The predicted octanol–water partition coefficient (Wildman–Crippen LogP) is 1.99. The monoisotopic (exact) mass is 208 g/mol. The van der Waals surface area contributed by atoms with E-state index in [4.69, 9.17) is 0 Å². The number of rotatable bonds is 3. The molecule has 78 valence electrons. The zero-order valence-corrected chi connectivity index (χ0v) is 7.91. The van der Waals surface area contributed by atoms with Gasteiger partial charge in [0.05, 0.1) is 10.8 Å². The van der Waals surface area contributed by atoms with Gasteiger partial charge in [0.25, 0.3) is 11.6 Å². The maximum atomic E-state index is 10.9. The normalized spacial score (nSPS) is 11.8. The first-order valence-electron chi connectivity index (χ1n) is 4.18. The summed E-state index contributed by atoms with van der Waals surface area (Å²) in [4.78, 5) is 30.7. The molecule has 1 rings (SSSR count). The Balaban J connectivity index is 2.93. The Morgan fingerprint density at radius 2 is 1.93 bits per heavy atom. The molecule has 0 aliphatic rings. The molecule has 0 aliphatic heterocycles. The van der Waals surface area contributed by atoms with Crippen molar-refractivity contribution in [2.24, 2.45) is 5.18 Å². The molecule has 1 aromatic rings. The average molecular weight is 208 g/mol. The van der Waals surface area contributed by atoms with Crippen molar-refractivity contribution < 1.29 is 9.72 Å². The second-order valence-electron chi connectivity index (χ2n) is 3.00. The van der Waals surface area contributed by atoms with Gasteiger partial charge >= 0.3 is 0 Å². The van der Waals surface area contributed by atoms with E-state index in [0.29, 0.717) is 5.56 Å². The van der Waals surface area contributed by atoms with Crippen LogP contribution >= 0.6 is 0 Å². The summed E-state index contributed by atoms with van der Waals surface area (Å²) in [5, 5.41) is 12.6. The first kappa shape index (κ1) is 11.0. The molecular formula is C9H8N2O4. The van der Waals surface area contributed by atoms with Crippen molar-refractivity contribution in [3.63, 3.8) is 0 Å². The number of hydrogen-bond donors (Lipinski definition) is 0. The third-order valence-corrected chi connectivity index (χ3v) is 2.06. The minimum Gasteiger partial charge on any atom is -0.268 e. The number of nitro groups is 1. The molecule has 0 N–H and O–H groups in total. The molecule has 15 heavy (non-hydrogen) atoms. The SMILES string of the molecule is CC(C(=O)N=O)c1ccc([N+](=O)[O-])cc1. The molecule has 1 atom stereocenters. The lowest BCUT2D eigenvalue weighted by atomic mass is 10.0. The minimum absolute atomic E-state index is 0.0579. The van der Waals surface area contributed by atoms with E-state index in [9.17, 15) is 19.8 Å². The van der Waals surface area contributed by atoms with Gasteiger partial charge in [-0.15, -0.1) is 4.91 Å². The molecule has 0 spiro atoms. The lowest BCUT2D eigenvalue weighted by Crippen LogP contribution is -2.05. The van der Waals surface area contributed by atoms with Crippen molar-refractivity contribution in [2.45, 2.75) is 12.8 Å². The van der Waals surface area contributed by atoms with Gasteiger partial charge in [-0.05, 0) is 12.5 Å². The van der Waals surface area contributed by atoms with Gasteiger partial charge in [0, 0.05) is 17.3 Å². The van der Waals surface area contributed by atoms with Crippen molar-refractivity contribution in [3.05, 3.63) is 44.9 Å². The van der Waals surface area contributed by atoms with Gasteiger partial charge in [0.15, 0.2) is 0 Å². The Morgan fingerprint density at radius 3 is 2.33 bits per heavy atom. The van der Waals surface area contributed by atoms with Gasteiger partial charge < -0.3 is 0 Å².